The minimum Gasteiger partial charge on any atom is -0.494 e. The van der Waals surface area contributed by atoms with Crippen molar-refractivity contribution >= 4 is 28.1 Å². The van der Waals surface area contributed by atoms with Crippen LogP contribution in [0.5, 0.6) is 5.75 Å². The molecule has 0 amide bonds. The number of anilines is 2. The zero-order chi connectivity index (χ0) is 31.6. The molecular formula is C26H27FN4O2. The van der Waals surface area contributed by atoms with Gasteiger partial charge in [-0.3, -0.25) is 9.78 Å². The third-order valence-corrected chi connectivity index (χ3v) is 4.74. The number of nitriles is 1. The second kappa shape index (κ2) is 10.7. The first-order valence-corrected chi connectivity index (χ1v) is 9.83. The average molecular weight is 456 g/mol. The summed E-state index contributed by atoms with van der Waals surface area (Å²) < 4.78 is 87.8. The maximum absolute atomic E-state index is 13.8. The number of pyridine rings is 1. The fraction of sp³-hybridized carbons (Fsp3) is 0.269. The van der Waals surface area contributed by atoms with Gasteiger partial charge >= 0.3 is 0 Å². The van der Waals surface area contributed by atoms with E-state index in [1.54, 1.807) is 6.92 Å². The fourth-order valence-corrected chi connectivity index (χ4v) is 3.16. The first kappa shape index (κ1) is 14.4. The van der Waals surface area contributed by atoms with E-state index in [1.165, 1.54) is 43.6 Å². The number of halogens is 1. The molecule has 33 heavy (non-hydrogen) atoms. The van der Waals surface area contributed by atoms with Crippen LogP contribution in [0.4, 0.5) is 15.8 Å². The lowest BCUT2D eigenvalue weighted by Gasteiger charge is -2.15. The maximum atomic E-state index is 13.8. The number of fused-ring (bicyclic) bond motifs is 1. The highest BCUT2D eigenvalue weighted by atomic mass is 19.1. The summed E-state index contributed by atoms with van der Waals surface area (Å²) >= 11 is 0. The minimum absolute atomic E-state index is 0.0156. The van der Waals surface area contributed by atoms with Gasteiger partial charge in [0.05, 0.1) is 27.4 Å². The van der Waals surface area contributed by atoms with Gasteiger partial charge in [0.25, 0.3) is 0 Å². The second-order valence-electron chi connectivity index (χ2n) is 7.26. The van der Waals surface area contributed by atoms with Crippen LogP contribution in [-0.4, -0.2) is 42.8 Å². The number of rotatable bonds is 9. The van der Waals surface area contributed by atoms with Crippen LogP contribution in [0.3, 0.4) is 0 Å². The first-order valence-electron chi connectivity index (χ1n) is 14.3. The Morgan fingerprint density at radius 1 is 1.45 bits per heavy atom. The van der Waals surface area contributed by atoms with Crippen molar-refractivity contribution in [1.82, 2.24) is 9.88 Å². The quantitative estimate of drug-likeness (QED) is 0.461. The third kappa shape index (κ3) is 5.93. The zero-order valence-electron chi connectivity index (χ0n) is 27.0. The molecular weight excluding hydrogens is 419 g/mol. The highest BCUT2D eigenvalue weighted by Gasteiger charge is 2.16. The van der Waals surface area contributed by atoms with E-state index in [9.17, 15) is 14.4 Å². The molecule has 6 nitrogen and oxygen atoms in total. The van der Waals surface area contributed by atoms with E-state index in [1.807, 2.05) is 6.07 Å². The Labute approximate surface area is 206 Å². The summed E-state index contributed by atoms with van der Waals surface area (Å²) in [6.07, 6.45) is 1.79. The van der Waals surface area contributed by atoms with E-state index in [2.05, 4.69) is 10.3 Å². The molecule has 0 atom stereocenters. The molecule has 170 valence electrons. The number of benzene rings is 2. The summed E-state index contributed by atoms with van der Waals surface area (Å²) in [5, 5.41) is 13.1. The minimum atomic E-state index is -3.20. The molecule has 0 spiro atoms. The van der Waals surface area contributed by atoms with Crippen molar-refractivity contribution in [3.8, 4) is 11.8 Å². The molecule has 1 heterocycles. The van der Waals surface area contributed by atoms with Gasteiger partial charge in [0.15, 0.2) is 5.78 Å². The van der Waals surface area contributed by atoms with E-state index in [0.717, 1.165) is 11.0 Å². The molecule has 0 aliphatic heterocycles. The van der Waals surface area contributed by atoms with Crippen molar-refractivity contribution < 1.29 is 26.3 Å². The molecule has 0 aliphatic rings. The molecule has 1 aromatic heterocycles. The van der Waals surface area contributed by atoms with Gasteiger partial charge in [-0.2, -0.15) is 5.26 Å². The summed E-state index contributed by atoms with van der Waals surface area (Å²) in [7, 11) is 1.30. The monoisotopic (exact) mass is 455 g/mol. The molecule has 1 N–H and O–H groups in total. The highest BCUT2D eigenvalue weighted by molar-refractivity contribution is 5.98. The Kier molecular flexibility index (Phi) is 4.67. The number of nitrogens with one attached hydrogen (secondary N) is 1. The van der Waals surface area contributed by atoms with Crippen LogP contribution in [0.15, 0.2) is 48.7 Å². The highest BCUT2D eigenvalue weighted by Crippen LogP contribution is 2.34. The van der Waals surface area contributed by atoms with E-state index in [4.69, 9.17) is 17.1 Å². The number of allylic oxidation sites excluding steroid dienone is 1. The molecule has 2 aromatic carbocycles. The first-order chi connectivity index (χ1) is 19.3. The number of aryl methyl sites for hydroxylation is 1. The van der Waals surface area contributed by atoms with Gasteiger partial charge in [-0.05, 0) is 63.7 Å². The molecule has 0 aliphatic carbocycles. The Morgan fingerprint density at radius 3 is 3.03 bits per heavy atom. The van der Waals surface area contributed by atoms with E-state index in [0.29, 0.717) is 11.3 Å². The number of nitrogens with zero attached hydrogens (tertiary/aromatic N) is 3. The second-order valence-corrected chi connectivity index (χ2v) is 7.26. The normalized spacial score (nSPS) is 16.7. The van der Waals surface area contributed by atoms with Gasteiger partial charge < -0.3 is 15.0 Å². The number of carbonyl (C=O) groups excluding carboxylic acids is 1. The largest absolute Gasteiger partial charge is 0.494 e. The lowest BCUT2D eigenvalue weighted by atomic mass is 10.0. The van der Waals surface area contributed by atoms with Crippen molar-refractivity contribution in [3.05, 3.63) is 71.2 Å². The fourth-order valence-electron chi connectivity index (χ4n) is 3.16. The zero-order valence-corrected chi connectivity index (χ0v) is 18.0. The number of carbonyl (C=O) groups is 1. The van der Waals surface area contributed by atoms with Crippen LogP contribution in [-0.2, 0) is 11.2 Å². The van der Waals surface area contributed by atoms with Crippen LogP contribution in [0.2, 0.25) is 0 Å². The summed E-state index contributed by atoms with van der Waals surface area (Å²) in [4.78, 5) is 18.2. The molecule has 0 unspecified atom stereocenters. The standard InChI is InChI=1S/C26H27FN4O2/c1-5-33-25-14-24-22(13-18(25)12-21(32)7-6-10-31(3)4)26(19(15-28)16-29-24)30-20-8-9-23(27)17(2)11-20/h6-9,11,13-14,16H,5,10,12H2,1-4H3,(H,29,30)/b7-6+/i1D3,3D3,5D2,7D. The lowest BCUT2D eigenvalue weighted by molar-refractivity contribution is -0.114. The predicted octanol–water partition coefficient (Wildman–Crippen LogP) is 4.93. The van der Waals surface area contributed by atoms with Gasteiger partial charge in [0.1, 0.15) is 17.6 Å². The number of hydrogen-bond acceptors (Lipinski definition) is 6. The molecule has 0 fully saturated rings. The topological polar surface area (TPSA) is 78.3 Å². The summed E-state index contributed by atoms with van der Waals surface area (Å²) in [6, 6.07) is 8.28. The smallest absolute Gasteiger partial charge is 0.159 e. The molecule has 0 saturated carbocycles. The van der Waals surface area contributed by atoms with Gasteiger partial charge in [0.2, 0.25) is 0 Å². The van der Waals surface area contributed by atoms with Crippen molar-refractivity contribution in [3.63, 3.8) is 0 Å². The van der Waals surface area contributed by atoms with Crippen LogP contribution >= 0.6 is 0 Å². The van der Waals surface area contributed by atoms with Crippen molar-refractivity contribution in [1.29, 1.82) is 5.26 Å². The average Bonchev–Trinajstić information content (AvgIpc) is 2.88. The lowest BCUT2D eigenvalue weighted by Crippen LogP contribution is -2.11. The van der Waals surface area contributed by atoms with Gasteiger partial charge in [-0.15, -0.1) is 0 Å². The van der Waals surface area contributed by atoms with Crippen molar-refractivity contribution in [2.24, 2.45) is 0 Å². The predicted molar refractivity (Wildman–Crippen MR) is 128 cm³/mol. The van der Waals surface area contributed by atoms with Crippen molar-refractivity contribution in [2.45, 2.75) is 20.2 Å². The molecule has 0 saturated heterocycles. The van der Waals surface area contributed by atoms with E-state index >= 15 is 0 Å². The molecule has 3 rings (SSSR count). The van der Waals surface area contributed by atoms with E-state index in [-0.39, 0.29) is 40.0 Å². The summed E-state index contributed by atoms with van der Waals surface area (Å²) in [5.74, 6) is -1.55. The third-order valence-electron chi connectivity index (χ3n) is 4.74. The summed E-state index contributed by atoms with van der Waals surface area (Å²) in [5.41, 5.74) is 1.23. The van der Waals surface area contributed by atoms with Crippen molar-refractivity contribution in [2.75, 3.05) is 32.4 Å². The maximum Gasteiger partial charge on any atom is 0.159 e. The summed E-state index contributed by atoms with van der Waals surface area (Å²) in [6.45, 7) is -7.48. The van der Waals surface area contributed by atoms with Gasteiger partial charge in [0, 0.05) is 50.1 Å². The Bertz CT molecular complexity index is 1580. The number of ketones is 1. The number of hydrogen-bond donors (Lipinski definition) is 1. The Morgan fingerprint density at radius 2 is 2.30 bits per heavy atom. The molecule has 0 radical (unpaired) electrons. The Hall–Kier alpha value is -3.76. The number of likely N-dealkylation sites (N-methyl/N-ethyl adjacent to an activating group) is 1. The van der Waals surface area contributed by atoms with Crippen LogP contribution in [0.25, 0.3) is 10.9 Å². The molecule has 3 aromatic rings. The van der Waals surface area contributed by atoms with Crippen LogP contribution in [0, 0.1) is 24.1 Å². The number of aromatic nitrogens is 1. The molecule has 0 bridgehead atoms. The van der Waals surface area contributed by atoms with E-state index < -0.39 is 44.5 Å². The molecule has 7 heteroatoms. The van der Waals surface area contributed by atoms with Gasteiger partial charge in [-0.25, -0.2) is 4.39 Å². The number of ether oxygens (including phenoxy) is 1. The SMILES string of the molecule is [2H]/C(=C\CN(C)C([2H])([2H])[2H])C(=O)Cc1cc2c(Nc3ccc(F)c(C)c3)c(C#N)cnc2cc1OC([2H])([2H])C([2H])([2H])[2H]. The Balaban J connectivity index is 2.15. The van der Waals surface area contributed by atoms with Gasteiger partial charge in [-0.1, -0.05) is 6.08 Å². The van der Waals surface area contributed by atoms with Crippen LogP contribution < -0.4 is 10.1 Å². The van der Waals surface area contributed by atoms with Crippen LogP contribution in [0.1, 0.15) is 35.9 Å².